The fraction of sp³-hybridized carbons (Fsp3) is 0.464. The van der Waals surface area contributed by atoms with Crippen LogP contribution in [-0.4, -0.2) is 69.9 Å². The van der Waals surface area contributed by atoms with Crippen LogP contribution in [0.1, 0.15) is 60.4 Å². The molecule has 1 saturated heterocycles. The molecule has 14 heteroatoms. The monoisotopic (exact) mass is 607 g/mol. The van der Waals surface area contributed by atoms with Crippen LogP contribution in [0.25, 0.3) is 10.6 Å². The molecule has 0 saturated carbocycles. The second kappa shape index (κ2) is 12.6. The zero-order valence-corrected chi connectivity index (χ0v) is 24.6. The molecule has 2 atom stereocenters. The van der Waals surface area contributed by atoms with E-state index in [1.54, 1.807) is 57.0 Å². The van der Waals surface area contributed by atoms with Crippen LogP contribution >= 0.6 is 11.3 Å². The number of alkyl halides is 3. The molecule has 1 aliphatic heterocycles. The molecule has 0 aliphatic carbocycles. The molecule has 0 bridgehead atoms. The highest BCUT2D eigenvalue weighted by molar-refractivity contribution is 7.14. The number of hydrogen-bond donors (Lipinski definition) is 1. The highest BCUT2D eigenvalue weighted by atomic mass is 32.1. The fourth-order valence-electron chi connectivity index (χ4n) is 4.00. The number of rotatable bonds is 7. The van der Waals surface area contributed by atoms with E-state index in [4.69, 9.17) is 14.2 Å². The number of aromatic nitrogens is 3. The van der Waals surface area contributed by atoms with Crippen molar-refractivity contribution < 1.29 is 37.0 Å². The summed E-state index contributed by atoms with van der Waals surface area (Å²) >= 11 is 1.45. The second-order valence-electron chi connectivity index (χ2n) is 10.8. The topological polar surface area (TPSA) is 116 Å². The van der Waals surface area contributed by atoms with Gasteiger partial charge in [-0.2, -0.15) is 13.2 Å². The number of nitrogens with one attached hydrogen (secondary N) is 1. The number of morpholine rings is 1. The summed E-state index contributed by atoms with van der Waals surface area (Å²) in [5.74, 6) is -1.35. The van der Waals surface area contributed by atoms with Gasteiger partial charge >= 0.3 is 12.3 Å². The van der Waals surface area contributed by atoms with Gasteiger partial charge in [0.1, 0.15) is 29.1 Å². The van der Waals surface area contributed by atoms with Crippen molar-refractivity contribution in [2.75, 3.05) is 26.3 Å². The highest BCUT2D eigenvalue weighted by Gasteiger charge is 2.34. The lowest BCUT2D eigenvalue weighted by molar-refractivity contribution is -0.145. The molecule has 2 unspecified atom stereocenters. The van der Waals surface area contributed by atoms with Gasteiger partial charge in [0.2, 0.25) is 5.82 Å². The minimum absolute atomic E-state index is 0.111. The van der Waals surface area contributed by atoms with Crippen molar-refractivity contribution >= 4 is 23.3 Å². The van der Waals surface area contributed by atoms with E-state index in [1.807, 2.05) is 6.92 Å². The van der Waals surface area contributed by atoms with Crippen LogP contribution in [0.3, 0.4) is 0 Å². The molecular weight excluding hydrogens is 575 g/mol. The van der Waals surface area contributed by atoms with E-state index >= 15 is 0 Å². The summed E-state index contributed by atoms with van der Waals surface area (Å²) in [7, 11) is 0. The maximum Gasteiger partial charge on any atom is 0.451 e. The van der Waals surface area contributed by atoms with Crippen molar-refractivity contribution in [3.05, 3.63) is 58.6 Å². The van der Waals surface area contributed by atoms with E-state index in [-0.39, 0.29) is 18.7 Å². The molecule has 0 radical (unpaired) electrons. The standard InChI is InChI=1S/C28H32F3N5O5S/c1-16-11-32-24(42-16)19-8-18(23(37)35-17(2)20-12-33-25(34-13-20)28(29,30)31)9-21(10-19)40-15-22-14-36(6-7-39-22)26(38)41-27(3,4)5/h8-13,17,22H,6-7,14-15H2,1-5H3,(H,35,37). The van der Waals surface area contributed by atoms with Gasteiger partial charge in [0.25, 0.3) is 5.91 Å². The number of halogens is 3. The lowest BCUT2D eigenvalue weighted by atomic mass is 10.1. The molecule has 3 heterocycles. The van der Waals surface area contributed by atoms with Gasteiger partial charge in [-0.3, -0.25) is 4.79 Å². The lowest BCUT2D eigenvalue weighted by Crippen LogP contribution is -2.49. The minimum atomic E-state index is -4.66. The number of amides is 2. The zero-order chi connectivity index (χ0) is 30.7. The van der Waals surface area contributed by atoms with Crippen LogP contribution in [0.4, 0.5) is 18.0 Å². The first kappa shape index (κ1) is 31.2. The van der Waals surface area contributed by atoms with Gasteiger partial charge in [-0.25, -0.2) is 19.7 Å². The number of hydrogen-bond acceptors (Lipinski definition) is 9. The third kappa shape index (κ3) is 8.38. The number of benzene rings is 1. The summed E-state index contributed by atoms with van der Waals surface area (Å²) in [6, 6.07) is 4.31. The van der Waals surface area contributed by atoms with E-state index in [0.717, 1.165) is 17.3 Å². The first-order chi connectivity index (χ1) is 19.7. The average Bonchev–Trinajstić information content (AvgIpc) is 3.37. The number of aryl methyl sites for hydroxylation is 1. The summed E-state index contributed by atoms with van der Waals surface area (Å²) in [6.45, 7) is 10.0. The summed E-state index contributed by atoms with van der Waals surface area (Å²) in [5, 5.41) is 3.45. The van der Waals surface area contributed by atoms with E-state index in [1.165, 1.54) is 11.3 Å². The van der Waals surface area contributed by atoms with Crippen molar-refractivity contribution in [2.24, 2.45) is 0 Å². The van der Waals surface area contributed by atoms with Gasteiger partial charge < -0.3 is 24.4 Å². The Bertz CT molecular complexity index is 1410. The smallest absolute Gasteiger partial charge is 0.451 e. The molecular formula is C28H32F3N5O5S. The molecule has 10 nitrogen and oxygen atoms in total. The summed E-state index contributed by atoms with van der Waals surface area (Å²) in [6.07, 6.45) is -1.71. The average molecular weight is 608 g/mol. The van der Waals surface area contributed by atoms with Crippen molar-refractivity contribution in [2.45, 2.75) is 58.5 Å². The molecule has 4 rings (SSSR count). The Hall–Kier alpha value is -3.78. The van der Waals surface area contributed by atoms with Crippen LogP contribution in [0.2, 0.25) is 0 Å². The molecule has 1 fully saturated rings. The normalized spacial score (nSPS) is 16.6. The fourth-order valence-corrected chi connectivity index (χ4v) is 4.75. The molecule has 3 aromatic rings. The van der Waals surface area contributed by atoms with Crippen LogP contribution in [0.15, 0.2) is 36.8 Å². The first-order valence-corrected chi connectivity index (χ1v) is 14.0. The Morgan fingerprint density at radius 1 is 1.14 bits per heavy atom. The number of thiazole rings is 1. The predicted molar refractivity (Wildman–Crippen MR) is 148 cm³/mol. The highest BCUT2D eigenvalue weighted by Crippen LogP contribution is 2.30. The third-order valence-electron chi connectivity index (χ3n) is 6.04. The molecule has 226 valence electrons. The quantitative estimate of drug-likeness (QED) is 0.378. The molecule has 0 spiro atoms. The molecule has 2 amide bonds. The maximum atomic E-state index is 13.2. The zero-order valence-electron chi connectivity index (χ0n) is 23.8. The minimum Gasteiger partial charge on any atom is -0.491 e. The molecule has 42 heavy (non-hydrogen) atoms. The van der Waals surface area contributed by atoms with Gasteiger partial charge in [0.05, 0.1) is 19.2 Å². The largest absolute Gasteiger partial charge is 0.491 e. The van der Waals surface area contributed by atoms with Crippen LogP contribution in [0.5, 0.6) is 5.75 Å². The summed E-state index contributed by atoms with van der Waals surface area (Å²) in [4.78, 5) is 39.5. The Kier molecular flexibility index (Phi) is 9.36. The Balaban J connectivity index is 1.48. The van der Waals surface area contributed by atoms with Crippen LogP contribution < -0.4 is 10.1 Å². The summed E-state index contributed by atoms with van der Waals surface area (Å²) < 4.78 is 55.8. The van der Waals surface area contributed by atoms with Gasteiger partial charge in [0.15, 0.2) is 0 Å². The Morgan fingerprint density at radius 3 is 2.48 bits per heavy atom. The van der Waals surface area contributed by atoms with Crippen molar-refractivity contribution in [3.63, 3.8) is 0 Å². The third-order valence-corrected chi connectivity index (χ3v) is 7.00. The maximum absolute atomic E-state index is 13.2. The summed E-state index contributed by atoms with van der Waals surface area (Å²) in [5.41, 5.74) is 0.601. The lowest BCUT2D eigenvalue weighted by Gasteiger charge is -2.34. The van der Waals surface area contributed by atoms with Gasteiger partial charge in [-0.05, 0) is 52.8 Å². The molecule has 1 N–H and O–H groups in total. The molecule has 2 aromatic heterocycles. The second-order valence-corrected chi connectivity index (χ2v) is 12.0. The van der Waals surface area contributed by atoms with Crippen LogP contribution in [0, 0.1) is 6.92 Å². The van der Waals surface area contributed by atoms with Crippen molar-refractivity contribution in [3.8, 4) is 16.3 Å². The first-order valence-electron chi connectivity index (χ1n) is 13.2. The van der Waals surface area contributed by atoms with E-state index in [0.29, 0.717) is 35.0 Å². The SMILES string of the molecule is Cc1cnc(-c2cc(OCC3CN(C(=O)OC(C)(C)C)CCO3)cc(C(=O)NC(C)c3cnc(C(F)(F)F)nc3)c2)s1. The van der Waals surface area contributed by atoms with Crippen molar-refractivity contribution in [1.29, 1.82) is 0 Å². The predicted octanol–water partition coefficient (Wildman–Crippen LogP) is 5.43. The number of ether oxygens (including phenoxy) is 3. The molecule has 1 aliphatic rings. The Morgan fingerprint density at radius 2 is 1.86 bits per heavy atom. The van der Waals surface area contributed by atoms with Gasteiger partial charge in [0, 0.05) is 46.7 Å². The number of carbonyl (C=O) groups excluding carboxylic acids is 2. The van der Waals surface area contributed by atoms with Crippen LogP contribution in [-0.2, 0) is 15.7 Å². The molecule has 1 aromatic carbocycles. The number of nitrogens with zero attached hydrogens (tertiary/aromatic N) is 4. The van der Waals surface area contributed by atoms with Crippen molar-refractivity contribution in [1.82, 2.24) is 25.2 Å². The Labute approximate surface area is 245 Å². The number of carbonyl (C=O) groups is 2. The van der Waals surface area contributed by atoms with Gasteiger partial charge in [-0.15, -0.1) is 11.3 Å². The van der Waals surface area contributed by atoms with E-state index < -0.39 is 41.7 Å². The van der Waals surface area contributed by atoms with Gasteiger partial charge in [-0.1, -0.05) is 0 Å². The van der Waals surface area contributed by atoms with E-state index in [9.17, 15) is 22.8 Å². The van der Waals surface area contributed by atoms with E-state index in [2.05, 4.69) is 20.3 Å².